The van der Waals surface area contributed by atoms with Gasteiger partial charge < -0.3 is 10.2 Å². The third-order valence-electron chi connectivity index (χ3n) is 6.03. The van der Waals surface area contributed by atoms with E-state index in [0.717, 1.165) is 37.0 Å². The summed E-state index contributed by atoms with van der Waals surface area (Å²) in [6.07, 6.45) is 1.94. The Bertz CT molecular complexity index is 960. The average molecular weight is 427 g/mol. The molecular weight excluding hydrogens is 397 g/mol. The second kappa shape index (κ2) is 9.23. The number of carbonyl (C=O) groups excluding carboxylic acids is 1. The molecule has 1 aromatic heterocycles. The van der Waals surface area contributed by atoms with Crippen LogP contribution in [0.25, 0.3) is 10.2 Å². The Morgan fingerprint density at radius 1 is 1.17 bits per heavy atom. The summed E-state index contributed by atoms with van der Waals surface area (Å²) >= 11 is 1.78. The number of rotatable bonds is 6. The number of benzene rings is 2. The Morgan fingerprint density at radius 2 is 1.87 bits per heavy atom. The molecule has 3 aromatic rings. The van der Waals surface area contributed by atoms with Crippen LogP contribution in [-0.4, -0.2) is 35.4 Å². The van der Waals surface area contributed by atoms with Gasteiger partial charge in [0.2, 0.25) is 0 Å². The molecule has 4 rings (SSSR count). The van der Waals surface area contributed by atoms with Gasteiger partial charge in [0.05, 0.1) is 15.2 Å². The first-order chi connectivity index (χ1) is 14.5. The number of thiazole rings is 1. The van der Waals surface area contributed by atoms with Gasteiger partial charge in [0.25, 0.3) is 5.91 Å². The fourth-order valence-electron chi connectivity index (χ4n) is 4.28. The van der Waals surface area contributed by atoms with Crippen LogP contribution in [0.2, 0.25) is 0 Å². The smallest absolute Gasteiger partial charge is 0.277 e. The predicted molar refractivity (Wildman–Crippen MR) is 119 cm³/mol. The highest BCUT2D eigenvalue weighted by Gasteiger charge is 2.28. The predicted octanol–water partition coefficient (Wildman–Crippen LogP) is 4.10. The van der Waals surface area contributed by atoms with E-state index in [-0.39, 0.29) is 17.8 Å². The summed E-state index contributed by atoms with van der Waals surface area (Å²) in [7, 11) is 0. The monoisotopic (exact) mass is 426 g/mol. The molecule has 158 valence electrons. The number of piperidine rings is 1. The highest BCUT2D eigenvalue weighted by molar-refractivity contribution is 7.18. The minimum absolute atomic E-state index is 0.148. The van der Waals surface area contributed by atoms with Crippen molar-refractivity contribution in [1.29, 1.82) is 0 Å². The summed E-state index contributed by atoms with van der Waals surface area (Å²) in [4.78, 5) is 19.6. The van der Waals surface area contributed by atoms with Crippen molar-refractivity contribution >= 4 is 27.5 Å². The molecule has 1 aliphatic heterocycles. The number of nitrogens with two attached hydrogens (primary N) is 1. The van der Waals surface area contributed by atoms with Crippen LogP contribution in [0.1, 0.15) is 49.2 Å². The number of carbonyl (C=O) groups is 1. The van der Waals surface area contributed by atoms with E-state index in [1.807, 2.05) is 23.1 Å². The normalized spacial score (nSPS) is 16.3. The highest BCUT2D eigenvalue weighted by atomic mass is 32.1. The fraction of sp³-hybridized carbons (Fsp3) is 0.417. The number of halogens is 1. The zero-order valence-corrected chi connectivity index (χ0v) is 18.4. The first-order valence-corrected chi connectivity index (χ1v) is 11.5. The van der Waals surface area contributed by atoms with Gasteiger partial charge in [0.1, 0.15) is 11.9 Å². The Morgan fingerprint density at radius 3 is 2.53 bits per heavy atom. The van der Waals surface area contributed by atoms with Crippen LogP contribution in [0, 0.1) is 11.7 Å². The van der Waals surface area contributed by atoms with E-state index in [9.17, 15) is 9.18 Å². The van der Waals surface area contributed by atoms with E-state index >= 15 is 0 Å². The molecule has 2 heterocycles. The number of fused-ring (bicyclic) bond motifs is 1. The second-order valence-corrected chi connectivity index (χ2v) is 9.50. The Balaban J connectivity index is 1.32. The molecule has 0 spiro atoms. The molecule has 2 aromatic carbocycles. The van der Waals surface area contributed by atoms with Crippen molar-refractivity contribution in [1.82, 2.24) is 9.88 Å². The minimum Gasteiger partial charge on any atom is -0.338 e. The molecule has 0 bridgehead atoms. The van der Waals surface area contributed by atoms with Crippen LogP contribution < -0.4 is 5.32 Å². The van der Waals surface area contributed by atoms with Gasteiger partial charge in [-0.25, -0.2) is 9.37 Å². The largest absolute Gasteiger partial charge is 0.338 e. The van der Waals surface area contributed by atoms with E-state index < -0.39 is 0 Å². The van der Waals surface area contributed by atoms with Crippen molar-refractivity contribution in [3.63, 3.8) is 0 Å². The first-order valence-electron chi connectivity index (χ1n) is 10.7. The summed E-state index contributed by atoms with van der Waals surface area (Å²) < 4.78 is 14.5. The molecule has 0 aliphatic carbocycles. The maximum atomic E-state index is 13.2. The number of amides is 1. The van der Waals surface area contributed by atoms with Crippen LogP contribution >= 0.6 is 11.3 Å². The molecule has 30 heavy (non-hydrogen) atoms. The Hall–Kier alpha value is -2.31. The number of likely N-dealkylation sites (tertiary alicyclic amines) is 1. The lowest BCUT2D eigenvalue weighted by atomic mass is 9.95. The molecule has 1 saturated heterocycles. The number of hydrogen-bond donors (Lipinski definition) is 1. The van der Waals surface area contributed by atoms with Gasteiger partial charge in [-0.05, 0) is 37.1 Å². The zero-order valence-electron chi connectivity index (χ0n) is 17.6. The van der Waals surface area contributed by atoms with E-state index in [1.54, 1.807) is 11.3 Å². The minimum atomic E-state index is -0.228. The standard InChI is InChI=1S/C24H28FN3OS/c1-16(2)23(17-7-9-19(25)10-8-17)26-15-22(29)28-13-11-18(12-14-28)24-27-20-5-3-4-6-21(20)30-24/h3-10,16,18,23,26H,11-15H2,1-2H3/p+1/t23-/m1/s1. The molecule has 2 N–H and O–H groups in total. The maximum Gasteiger partial charge on any atom is 0.277 e. The molecular formula is C24H29FN3OS+. The van der Waals surface area contributed by atoms with Crippen LogP contribution in [0.4, 0.5) is 4.39 Å². The number of hydrogen-bond acceptors (Lipinski definition) is 3. The number of para-hydroxylation sites is 1. The van der Waals surface area contributed by atoms with Gasteiger partial charge in [-0.15, -0.1) is 11.3 Å². The molecule has 0 radical (unpaired) electrons. The average Bonchev–Trinajstić information content (AvgIpc) is 3.19. The molecule has 4 nitrogen and oxygen atoms in total. The van der Waals surface area contributed by atoms with Crippen molar-refractivity contribution in [3.8, 4) is 0 Å². The van der Waals surface area contributed by atoms with Crippen LogP contribution in [0.3, 0.4) is 0 Å². The van der Waals surface area contributed by atoms with Crippen molar-refractivity contribution in [3.05, 3.63) is 64.9 Å². The van der Waals surface area contributed by atoms with Crippen LogP contribution in [0.15, 0.2) is 48.5 Å². The Kier molecular flexibility index (Phi) is 6.44. The molecule has 1 fully saturated rings. The number of aromatic nitrogens is 1. The van der Waals surface area contributed by atoms with E-state index in [0.29, 0.717) is 18.4 Å². The summed E-state index contributed by atoms with van der Waals surface area (Å²) in [6, 6.07) is 15.1. The lowest BCUT2D eigenvalue weighted by Gasteiger charge is -2.31. The molecule has 1 aliphatic rings. The zero-order chi connectivity index (χ0) is 21.1. The van der Waals surface area contributed by atoms with Crippen molar-refractivity contribution in [2.45, 2.75) is 38.6 Å². The summed E-state index contributed by atoms with van der Waals surface area (Å²) in [6.45, 7) is 6.27. The van der Waals surface area contributed by atoms with Gasteiger partial charge in [-0.2, -0.15) is 0 Å². The van der Waals surface area contributed by atoms with E-state index in [2.05, 4.69) is 37.4 Å². The fourth-order valence-corrected chi connectivity index (χ4v) is 5.41. The summed E-state index contributed by atoms with van der Waals surface area (Å²) in [5.41, 5.74) is 2.14. The number of quaternary nitrogens is 1. The quantitative estimate of drug-likeness (QED) is 0.645. The molecule has 0 unspecified atom stereocenters. The highest BCUT2D eigenvalue weighted by Crippen LogP contribution is 2.33. The van der Waals surface area contributed by atoms with E-state index in [4.69, 9.17) is 4.98 Å². The maximum absolute atomic E-state index is 13.2. The van der Waals surface area contributed by atoms with Crippen molar-refractivity contribution in [2.75, 3.05) is 19.6 Å². The molecule has 0 saturated carbocycles. The third kappa shape index (κ3) is 4.71. The van der Waals surface area contributed by atoms with Crippen LogP contribution in [-0.2, 0) is 4.79 Å². The topological polar surface area (TPSA) is 49.8 Å². The molecule has 1 amide bonds. The van der Waals surface area contributed by atoms with Crippen molar-refractivity contribution < 1.29 is 14.5 Å². The van der Waals surface area contributed by atoms with Crippen molar-refractivity contribution in [2.24, 2.45) is 5.92 Å². The Labute approximate surface area is 181 Å². The summed E-state index contributed by atoms with van der Waals surface area (Å²) in [5, 5.41) is 3.30. The molecule has 6 heteroatoms. The second-order valence-electron chi connectivity index (χ2n) is 8.44. The molecule has 1 atom stereocenters. The lowest BCUT2D eigenvalue weighted by molar-refractivity contribution is -0.692. The summed E-state index contributed by atoms with van der Waals surface area (Å²) in [5.74, 6) is 0.755. The number of nitrogens with zero attached hydrogens (tertiary/aromatic N) is 2. The van der Waals surface area contributed by atoms with E-state index in [1.165, 1.54) is 21.8 Å². The first kappa shape index (κ1) is 20.9. The van der Waals surface area contributed by atoms with Gasteiger partial charge in [-0.3, -0.25) is 4.79 Å². The lowest BCUT2D eigenvalue weighted by Crippen LogP contribution is -2.88. The SMILES string of the molecule is CC(C)[C@@H]([NH2+]CC(=O)N1CCC(c2nc3ccccc3s2)CC1)c1ccc(F)cc1. The van der Waals surface area contributed by atoms with Gasteiger partial charge in [0, 0.05) is 30.5 Å². The van der Waals surface area contributed by atoms with Gasteiger partial charge >= 0.3 is 0 Å². The van der Waals surface area contributed by atoms with Gasteiger partial charge in [0.15, 0.2) is 6.54 Å². The van der Waals surface area contributed by atoms with Crippen LogP contribution in [0.5, 0.6) is 0 Å². The van der Waals surface area contributed by atoms with Gasteiger partial charge in [-0.1, -0.05) is 38.1 Å². The third-order valence-corrected chi connectivity index (χ3v) is 7.23.